The second-order valence-corrected chi connectivity index (χ2v) is 4.03. The zero-order chi connectivity index (χ0) is 10.8. The highest BCUT2D eigenvalue weighted by molar-refractivity contribution is 5.50. The Hall–Kier alpha value is -1.32. The quantitative estimate of drug-likeness (QED) is 0.815. The second-order valence-electron chi connectivity index (χ2n) is 4.03. The van der Waals surface area contributed by atoms with Crippen LogP contribution in [0.15, 0.2) is 6.07 Å². The third-order valence-electron chi connectivity index (χ3n) is 2.64. The molecule has 1 aliphatic carbocycles. The Kier molecular flexibility index (Phi) is 2.75. The van der Waals surface area contributed by atoms with Crippen molar-refractivity contribution in [2.45, 2.75) is 32.7 Å². The highest BCUT2D eigenvalue weighted by Crippen LogP contribution is 2.29. The minimum Gasteiger partial charge on any atom is -0.370 e. The molecule has 1 heterocycles. The number of anilines is 2. The maximum Gasteiger partial charge on any atom is 0.134 e. The van der Waals surface area contributed by atoms with Crippen molar-refractivity contribution >= 4 is 11.6 Å². The summed E-state index contributed by atoms with van der Waals surface area (Å²) in [6.07, 6.45) is 2.58. The van der Waals surface area contributed by atoms with Crippen LogP contribution in [-0.4, -0.2) is 29.6 Å². The van der Waals surface area contributed by atoms with E-state index in [1.807, 2.05) is 13.0 Å². The van der Waals surface area contributed by atoms with Crippen LogP contribution in [0.25, 0.3) is 0 Å². The van der Waals surface area contributed by atoms with E-state index in [0.717, 1.165) is 24.0 Å². The SMILES string of the molecule is CCNc1cc(N(C)C2CC2)nc(C)n1. The molecule has 0 saturated heterocycles. The average molecular weight is 206 g/mol. The van der Waals surface area contributed by atoms with Crippen LogP contribution in [0.1, 0.15) is 25.6 Å². The summed E-state index contributed by atoms with van der Waals surface area (Å²) in [6.45, 7) is 4.90. The standard InChI is InChI=1S/C11H18N4/c1-4-12-10-7-11(14-8(2)13-10)15(3)9-5-6-9/h7,9H,4-6H2,1-3H3,(H,12,13,14). The Morgan fingerprint density at radius 2 is 2.20 bits per heavy atom. The Morgan fingerprint density at radius 3 is 2.80 bits per heavy atom. The Labute approximate surface area is 90.7 Å². The first-order valence-electron chi connectivity index (χ1n) is 5.53. The maximum atomic E-state index is 4.45. The number of hydrogen-bond donors (Lipinski definition) is 1. The summed E-state index contributed by atoms with van der Waals surface area (Å²) >= 11 is 0. The summed E-state index contributed by atoms with van der Waals surface area (Å²) in [5.74, 6) is 2.78. The first-order chi connectivity index (χ1) is 7.20. The van der Waals surface area contributed by atoms with Gasteiger partial charge in [-0.25, -0.2) is 9.97 Å². The van der Waals surface area contributed by atoms with Gasteiger partial charge in [0.05, 0.1) is 0 Å². The van der Waals surface area contributed by atoms with Crippen LogP contribution < -0.4 is 10.2 Å². The molecule has 15 heavy (non-hydrogen) atoms. The summed E-state index contributed by atoms with van der Waals surface area (Å²) in [5.41, 5.74) is 0. The van der Waals surface area contributed by atoms with Gasteiger partial charge in [0.1, 0.15) is 17.5 Å². The van der Waals surface area contributed by atoms with Crippen molar-refractivity contribution in [1.82, 2.24) is 9.97 Å². The zero-order valence-corrected chi connectivity index (χ0v) is 9.62. The van der Waals surface area contributed by atoms with Crippen LogP contribution >= 0.6 is 0 Å². The molecule has 4 heteroatoms. The highest BCUT2D eigenvalue weighted by Gasteiger charge is 2.27. The van der Waals surface area contributed by atoms with Gasteiger partial charge >= 0.3 is 0 Å². The summed E-state index contributed by atoms with van der Waals surface area (Å²) in [5, 5.41) is 3.23. The molecular weight excluding hydrogens is 188 g/mol. The van der Waals surface area contributed by atoms with Crippen molar-refractivity contribution in [3.8, 4) is 0 Å². The molecule has 0 radical (unpaired) electrons. The van der Waals surface area contributed by atoms with Crippen molar-refractivity contribution in [3.05, 3.63) is 11.9 Å². The molecule has 0 amide bonds. The molecule has 0 unspecified atom stereocenters. The molecule has 1 aromatic rings. The number of aryl methyl sites for hydroxylation is 1. The van der Waals surface area contributed by atoms with Crippen LogP contribution in [0.2, 0.25) is 0 Å². The maximum absolute atomic E-state index is 4.45. The molecule has 0 aromatic carbocycles. The summed E-state index contributed by atoms with van der Waals surface area (Å²) in [4.78, 5) is 11.0. The van der Waals surface area contributed by atoms with Gasteiger partial charge in [-0.05, 0) is 26.7 Å². The third-order valence-corrected chi connectivity index (χ3v) is 2.64. The summed E-state index contributed by atoms with van der Waals surface area (Å²) in [7, 11) is 2.11. The lowest BCUT2D eigenvalue weighted by atomic mass is 10.4. The van der Waals surface area contributed by atoms with Crippen LogP contribution in [0.3, 0.4) is 0 Å². The molecule has 1 N–H and O–H groups in total. The van der Waals surface area contributed by atoms with Crippen LogP contribution in [0.5, 0.6) is 0 Å². The normalized spacial score (nSPS) is 15.1. The zero-order valence-electron chi connectivity index (χ0n) is 9.62. The van der Waals surface area contributed by atoms with Gasteiger partial charge in [-0.1, -0.05) is 0 Å². The lowest BCUT2D eigenvalue weighted by molar-refractivity contribution is 0.874. The van der Waals surface area contributed by atoms with E-state index in [0.29, 0.717) is 6.04 Å². The largest absolute Gasteiger partial charge is 0.370 e. The first-order valence-corrected chi connectivity index (χ1v) is 5.53. The fraction of sp³-hybridized carbons (Fsp3) is 0.636. The van der Waals surface area contributed by atoms with Gasteiger partial charge in [-0.15, -0.1) is 0 Å². The molecule has 0 atom stereocenters. The van der Waals surface area contributed by atoms with Crippen LogP contribution in [0.4, 0.5) is 11.6 Å². The Morgan fingerprint density at radius 1 is 1.47 bits per heavy atom. The molecule has 1 aromatic heterocycles. The molecule has 1 aliphatic rings. The molecule has 0 spiro atoms. The molecule has 0 bridgehead atoms. The van der Waals surface area contributed by atoms with Gasteiger partial charge in [0.2, 0.25) is 0 Å². The van der Waals surface area contributed by atoms with Crippen LogP contribution in [-0.2, 0) is 0 Å². The van der Waals surface area contributed by atoms with E-state index in [1.54, 1.807) is 0 Å². The minimum atomic E-state index is 0.689. The van der Waals surface area contributed by atoms with Gasteiger partial charge in [0.15, 0.2) is 0 Å². The monoisotopic (exact) mass is 206 g/mol. The van der Waals surface area contributed by atoms with Gasteiger partial charge in [0.25, 0.3) is 0 Å². The van der Waals surface area contributed by atoms with Gasteiger partial charge in [-0.3, -0.25) is 0 Å². The van der Waals surface area contributed by atoms with Crippen molar-refractivity contribution in [2.75, 3.05) is 23.8 Å². The molecule has 1 saturated carbocycles. The molecule has 1 fully saturated rings. The molecule has 2 rings (SSSR count). The summed E-state index contributed by atoms with van der Waals surface area (Å²) in [6, 6.07) is 2.71. The second kappa shape index (κ2) is 4.04. The number of hydrogen-bond acceptors (Lipinski definition) is 4. The molecule has 0 aliphatic heterocycles. The predicted molar refractivity (Wildman–Crippen MR) is 62.4 cm³/mol. The van der Waals surface area contributed by atoms with E-state index >= 15 is 0 Å². The number of nitrogens with zero attached hydrogens (tertiary/aromatic N) is 3. The van der Waals surface area contributed by atoms with E-state index in [9.17, 15) is 0 Å². The Bertz CT molecular complexity index is 346. The van der Waals surface area contributed by atoms with Crippen molar-refractivity contribution in [3.63, 3.8) is 0 Å². The average Bonchev–Trinajstić information content (AvgIpc) is 2.99. The van der Waals surface area contributed by atoms with E-state index in [1.165, 1.54) is 12.8 Å². The molecule has 4 nitrogen and oxygen atoms in total. The molecular formula is C11H18N4. The third kappa shape index (κ3) is 2.37. The predicted octanol–water partition coefficient (Wildman–Crippen LogP) is 1.82. The van der Waals surface area contributed by atoms with Gasteiger partial charge in [0, 0.05) is 25.7 Å². The Balaban J connectivity index is 2.21. The van der Waals surface area contributed by atoms with Crippen molar-refractivity contribution in [1.29, 1.82) is 0 Å². The van der Waals surface area contributed by atoms with E-state index in [2.05, 4.69) is 34.2 Å². The number of aromatic nitrogens is 2. The van der Waals surface area contributed by atoms with Crippen molar-refractivity contribution in [2.24, 2.45) is 0 Å². The lowest BCUT2D eigenvalue weighted by Crippen LogP contribution is -2.21. The number of rotatable bonds is 4. The van der Waals surface area contributed by atoms with E-state index in [4.69, 9.17) is 0 Å². The highest BCUT2D eigenvalue weighted by atomic mass is 15.2. The van der Waals surface area contributed by atoms with Gasteiger partial charge < -0.3 is 10.2 Å². The van der Waals surface area contributed by atoms with Crippen LogP contribution in [0, 0.1) is 6.92 Å². The summed E-state index contributed by atoms with van der Waals surface area (Å²) < 4.78 is 0. The van der Waals surface area contributed by atoms with Gasteiger partial charge in [-0.2, -0.15) is 0 Å². The van der Waals surface area contributed by atoms with E-state index < -0.39 is 0 Å². The molecule has 82 valence electrons. The number of nitrogens with one attached hydrogen (secondary N) is 1. The van der Waals surface area contributed by atoms with E-state index in [-0.39, 0.29) is 0 Å². The fourth-order valence-electron chi connectivity index (χ4n) is 1.65. The topological polar surface area (TPSA) is 41.0 Å². The fourth-order valence-corrected chi connectivity index (χ4v) is 1.65. The minimum absolute atomic E-state index is 0.689. The smallest absolute Gasteiger partial charge is 0.134 e. The lowest BCUT2D eigenvalue weighted by Gasteiger charge is -2.18. The first kappa shape index (κ1) is 10.2. The van der Waals surface area contributed by atoms with Crippen molar-refractivity contribution < 1.29 is 0 Å².